The monoisotopic (exact) mass is 283 g/mol. The van der Waals surface area contributed by atoms with E-state index < -0.39 is 0 Å². The third-order valence-electron chi connectivity index (χ3n) is 4.12. The van der Waals surface area contributed by atoms with Gasteiger partial charge in [-0.25, -0.2) is 4.98 Å². The molecule has 0 saturated carbocycles. The summed E-state index contributed by atoms with van der Waals surface area (Å²) in [6.07, 6.45) is 3.26. The summed E-state index contributed by atoms with van der Waals surface area (Å²) in [5, 5.41) is 3.43. The number of fused-ring (bicyclic) bond motifs is 1. The van der Waals surface area contributed by atoms with Gasteiger partial charge in [0.05, 0.1) is 5.69 Å². The number of rotatable bonds is 5. The minimum atomic E-state index is 0.650. The molecule has 3 nitrogen and oxygen atoms in total. The molecule has 1 N–H and O–H groups in total. The fourth-order valence-corrected chi connectivity index (χ4v) is 3.10. The smallest absolute Gasteiger partial charge is 0.109 e. The third kappa shape index (κ3) is 3.35. The van der Waals surface area contributed by atoms with Crippen molar-refractivity contribution in [1.29, 1.82) is 0 Å². The molecule has 112 valence electrons. The van der Waals surface area contributed by atoms with Crippen molar-refractivity contribution in [3.63, 3.8) is 0 Å². The van der Waals surface area contributed by atoms with Crippen molar-refractivity contribution in [3.05, 3.63) is 53.1 Å². The van der Waals surface area contributed by atoms with Crippen LogP contribution >= 0.6 is 0 Å². The van der Waals surface area contributed by atoms with E-state index in [1.165, 1.54) is 22.8 Å². The lowest BCUT2D eigenvalue weighted by molar-refractivity contribution is 0.549. The largest absolute Gasteiger partial charge is 0.331 e. The Balaban J connectivity index is 1.83. The molecule has 0 saturated heterocycles. The lowest BCUT2D eigenvalue weighted by Gasteiger charge is -2.17. The summed E-state index contributed by atoms with van der Waals surface area (Å²) < 4.78 is 2.49. The highest BCUT2D eigenvalue weighted by molar-refractivity contribution is 5.21. The predicted molar refractivity (Wildman–Crippen MR) is 86.3 cm³/mol. The molecule has 0 amide bonds. The van der Waals surface area contributed by atoms with Gasteiger partial charge in [0.15, 0.2) is 0 Å². The fraction of sp³-hybridized carbons (Fsp3) is 0.500. The van der Waals surface area contributed by atoms with Crippen LogP contribution in [-0.4, -0.2) is 16.1 Å². The standard InChI is InChI=1S/C18H25N3/c1-14(2)12-18-20-16-13-19-10-8-17(16)21(18)11-9-15-6-4-3-5-7-15/h3-7,14,19H,8-13H2,1-2H3. The van der Waals surface area contributed by atoms with E-state index in [0.717, 1.165) is 38.9 Å². The van der Waals surface area contributed by atoms with Crippen LogP contribution in [0.3, 0.4) is 0 Å². The van der Waals surface area contributed by atoms with Gasteiger partial charge in [0.25, 0.3) is 0 Å². The molecular weight excluding hydrogens is 258 g/mol. The molecule has 1 aliphatic rings. The van der Waals surface area contributed by atoms with Gasteiger partial charge in [-0.15, -0.1) is 0 Å². The first kappa shape index (κ1) is 14.3. The van der Waals surface area contributed by atoms with Crippen LogP contribution < -0.4 is 5.32 Å². The maximum atomic E-state index is 4.90. The number of hydrogen-bond acceptors (Lipinski definition) is 2. The highest BCUT2D eigenvalue weighted by Crippen LogP contribution is 2.19. The van der Waals surface area contributed by atoms with Gasteiger partial charge in [-0.05, 0) is 17.9 Å². The first-order valence-corrected chi connectivity index (χ1v) is 8.06. The van der Waals surface area contributed by atoms with Crippen LogP contribution in [-0.2, 0) is 32.4 Å². The molecule has 0 fully saturated rings. The quantitative estimate of drug-likeness (QED) is 0.914. The molecule has 0 atom stereocenters. The second-order valence-corrected chi connectivity index (χ2v) is 6.33. The van der Waals surface area contributed by atoms with E-state index in [1.54, 1.807) is 0 Å². The van der Waals surface area contributed by atoms with Gasteiger partial charge in [-0.2, -0.15) is 0 Å². The summed E-state index contributed by atoms with van der Waals surface area (Å²) in [7, 11) is 0. The van der Waals surface area contributed by atoms with Crippen molar-refractivity contribution in [2.45, 2.75) is 46.2 Å². The maximum absolute atomic E-state index is 4.90. The Hall–Kier alpha value is -1.61. The van der Waals surface area contributed by atoms with Crippen LogP contribution in [0, 0.1) is 5.92 Å². The van der Waals surface area contributed by atoms with Crippen molar-refractivity contribution in [3.8, 4) is 0 Å². The van der Waals surface area contributed by atoms with Crippen molar-refractivity contribution in [2.75, 3.05) is 6.54 Å². The average molecular weight is 283 g/mol. The summed E-state index contributed by atoms with van der Waals surface area (Å²) in [6.45, 7) is 7.60. The van der Waals surface area contributed by atoms with Gasteiger partial charge >= 0.3 is 0 Å². The van der Waals surface area contributed by atoms with Gasteiger partial charge < -0.3 is 9.88 Å². The van der Waals surface area contributed by atoms with Crippen LogP contribution in [0.25, 0.3) is 0 Å². The van der Waals surface area contributed by atoms with Crippen LogP contribution in [0.4, 0.5) is 0 Å². The zero-order valence-electron chi connectivity index (χ0n) is 13.1. The Labute approximate surface area is 127 Å². The molecule has 0 aliphatic carbocycles. The van der Waals surface area contributed by atoms with Crippen LogP contribution in [0.2, 0.25) is 0 Å². The first-order valence-electron chi connectivity index (χ1n) is 8.06. The molecule has 1 aliphatic heterocycles. The molecule has 2 aromatic rings. The van der Waals surface area contributed by atoms with E-state index in [9.17, 15) is 0 Å². The minimum absolute atomic E-state index is 0.650. The highest BCUT2D eigenvalue weighted by Gasteiger charge is 2.19. The van der Waals surface area contributed by atoms with Crippen molar-refractivity contribution in [2.24, 2.45) is 5.92 Å². The minimum Gasteiger partial charge on any atom is -0.331 e. The second-order valence-electron chi connectivity index (χ2n) is 6.33. The number of nitrogens with one attached hydrogen (secondary N) is 1. The van der Waals surface area contributed by atoms with Gasteiger partial charge in [-0.3, -0.25) is 0 Å². The second kappa shape index (κ2) is 6.44. The first-order chi connectivity index (χ1) is 10.2. The van der Waals surface area contributed by atoms with E-state index in [4.69, 9.17) is 4.98 Å². The number of nitrogens with zero attached hydrogens (tertiary/aromatic N) is 2. The van der Waals surface area contributed by atoms with E-state index >= 15 is 0 Å². The number of hydrogen-bond donors (Lipinski definition) is 1. The van der Waals surface area contributed by atoms with Gasteiger partial charge in [0.1, 0.15) is 5.82 Å². The van der Waals surface area contributed by atoms with E-state index in [-0.39, 0.29) is 0 Å². The Bertz CT molecular complexity index is 584. The zero-order chi connectivity index (χ0) is 14.7. The van der Waals surface area contributed by atoms with Crippen LogP contribution in [0.5, 0.6) is 0 Å². The number of benzene rings is 1. The van der Waals surface area contributed by atoms with Crippen molar-refractivity contribution in [1.82, 2.24) is 14.9 Å². The Morgan fingerprint density at radius 2 is 2.05 bits per heavy atom. The maximum Gasteiger partial charge on any atom is 0.109 e. The van der Waals surface area contributed by atoms with Gasteiger partial charge in [0, 0.05) is 38.2 Å². The topological polar surface area (TPSA) is 29.9 Å². The van der Waals surface area contributed by atoms with Gasteiger partial charge in [0.2, 0.25) is 0 Å². The molecule has 21 heavy (non-hydrogen) atoms. The molecule has 3 rings (SSSR count). The summed E-state index contributed by atoms with van der Waals surface area (Å²) >= 11 is 0. The number of aryl methyl sites for hydroxylation is 1. The van der Waals surface area contributed by atoms with Gasteiger partial charge in [-0.1, -0.05) is 44.2 Å². The van der Waals surface area contributed by atoms with Crippen molar-refractivity contribution >= 4 is 0 Å². The molecule has 1 aromatic heterocycles. The molecule has 0 spiro atoms. The Morgan fingerprint density at radius 3 is 2.81 bits per heavy atom. The number of imidazole rings is 1. The third-order valence-corrected chi connectivity index (χ3v) is 4.12. The molecule has 2 heterocycles. The molecule has 1 aromatic carbocycles. The normalized spacial score (nSPS) is 14.4. The fourth-order valence-electron chi connectivity index (χ4n) is 3.10. The van der Waals surface area contributed by atoms with E-state index in [2.05, 4.69) is 54.1 Å². The molecule has 0 bridgehead atoms. The van der Waals surface area contributed by atoms with Crippen LogP contribution in [0.1, 0.15) is 36.6 Å². The van der Waals surface area contributed by atoms with Crippen molar-refractivity contribution < 1.29 is 0 Å². The summed E-state index contributed by atoms with van der Waals surface area (Å²) in [4.78, 5) is 4.90. The summed E-state index contributed by atoms with van der Waals surface area (Å²) in [6, 6.07) is 10.8. The lowest BCUT2D eigenvalue weighted by Crippen LogP contribution is -2.25. The van der Waals surface area contributed by atoms with E-state index in [1.807, 2.05) is 0 Å². The predicted octanol–water partition coefficient (Wildman–Crippen LogP) is 2.97. The Morgan fingerprint density at radius 1 is 1.24 bits per heavy atom. The highest BCUT2D eigenvalue weighted by atomic mass is 15.1. The summed E-state index contributed by atoms with van der Waals surface area (Å²) in [5.74, 6) is 1.92. The Kier molecular flexibility index (Phi) is 4.39. The molecule has 0 radical (unpaired) electrons. The average Bonchev–Trinajstić information content (AvgIpc) is 2.82. The molecule has 3 heteroatoms. The zero-order valence-corrected chi connectivity index (χ0v) is 13.1. The number of aromatic nitrogens is 2. The molecule has 0 unspecified atom stereocenters. The van der Waals surface area contributed by atoms with E-state index in [0.29, 0.717) is 5.92 Å². The summed E-state index contributed by atoms with van der Waals surface area (Å²) in [5.41, 5.74) is 4.13. The lowest BCUT2D eigenvalue weighted by atomic mass is 10.1. The van der Waals surface area contributed by atoms with Crippen LogP contribution in [0.15, 0.2) is 30.3 Å². The molecular formula is C18H25N3. The SMILES string of the molecule is CC(C)Cc1nc2c(n1CCc1ccccc1)CCNC2.